The van der Waals surface area contributed by atoms with Gasteiger partial charge in [-0.2, -0.15) is 0 Å². The lowest BCUT2D eigenvalue weighted by Gasteiger charge is -1.96. The lowest BCUT2D eigenvalue weighted by molar-refractivity contribution is -0.107. The zero-order valence-corrected chi connectivity index (χ0v) is 23.0. The highest BCUT2D eigenvalue weighted by atomic mass is 16.3. The maximum atomic E-state index is 9.98. The Bertz CT molecular complexity index is 1200. The number of aliphatic hydroxyl groups is 2. The average molecular weight is 551 g/mol. The van der Waals surface area contributed by atoms with Crippen LogP contribution in [-0.4, -0.2) is 36.0 Å². The SMILES string of the molecule is O=C/C=C/c1ccccc1.O=CCCc1ccccc1.OC/C=C/c1ccccc1.OCCCc1ccccc1.[HH].[HH].[HH].[HH].[HH].[HH].[HH]. The van der Waals surface area contributed by atoms with E-state index >= 15 is 0 Å². The van der Waals surface area contributed by atoms with Crippen LogP contribution in [0.2, 0.25) is 0 Å². The van der Waals surface area contributed by atoms with Crippen LogP contribution in [0.3, 0.4) is 0 Å². The van der Waals surface area contributed by atoms with Crippen LogP contribution in [0, 0.1) is 0 Å². The molecule has 222 valence electrons. The predicted octanol–water partition coefficient (Wildman–Crippen LogP) is 8.74. The second kappa shape index (κ2) is 24.9. The Balaban J connectivity index is -0.0000000865. The summed E-state index contributed by atoms with van der Waals surface area (Å²) in [5.41, 5.74) is 4.71. The molecule has 0 amide bonds. The number of rotatable bonds is 10. The Labute approximate surface area is 249 Å². The molecule has 4 rings (SSSR count). The summed E-state index contributed by atoms with van der Waals surface area (Å²) < 4.78 is 0. The van der Waals surface area contributed by atoms with Gasteiger partial charge in [0.05, 0.1) is 6.61 Å². The number of aliphatic hydroxyl groups excluding tert-OH is 2. The molecule has 2 N–H and O–H groups in total. The third-order valence-electron chi connectivity index (χ3n) is 5.24. The molecule has 0 bridgehead atoms. The van der Waals surface area contributed by atoms with Gasteiger partial charge in [-0.05, 0) is 47.6 Å². The molecule has 0 aliphatic carbocycles. The topological polar surface area (TPSA) is 74.6 Å². The van der Waals surface area contributed by atoms with Gasteiger partial charge < -0.3 is 15.0 Å². The van der Waals surface area contributed by atoms with Crippen molar-refractivity contribution in [1.29, 1.82) is 0 Å². The molecule has 0 heterocycles. The summed E-state index contributed by atoms with van der Waals surface area (Å²) in [6.45, 7) is 0.393. The maximum absolute atomic E-state index is 9.98. The number of aldehydes is 2. The Morgan fingerprint density at radius 3 is 1.45 bits per heavy atom. The van der Waals surface area contributed by atoms with Crippen molar-refractivity contribution in [3.05, 3.63) is 156 Å². The van der Waals surface area contributed by atoms with Crippen molar-refractivity contribution in [2.24, 2.45) is 0 Å². The van der Waals surface area contributed by atoms with Crippen LogP contribution in [0.1, 0.15) is 45.1 Å². The van der Waals surface area contributed by atoms with Crippen LogP contribution < -0.4 is 0 Å². The van der Waals surface area contributed by atoms with Crippen LogP contribution in [0.4, 0.5) is 0 Å². The molecule has 0 unspecified atom stereocenters. The minimum Gasteiger partial charge on any atom is -0.396 e. The van der Waals surface area contributed by atoms with Crippen LogP contribution in [-0.2, 0) is 22.4 Å². The summed E-state index contributed by atoms with van der Waals surface area (Å²) in [6.07, 6.45) is 11.9. The van der Waals surface area contributed by atoms with Crippen molar-refractivity contribution >= 4 is 24.7 Å². The second-order valence-corrected chi connectivity index (χ2v) is 8.41. The summed E-state index contributed by atoms with van der Waals surface area (Å²) in [6, 6.07) is 39.8. The number of carbonyl (C=O) groups is 2. The molecule has 0 radical (unpaired) electrons. The highest BCUT2D eigenvalue weighted by Crippen LogP contribution is 2.02. The molecule has 4 heteroatoms. The van der Waals surface area contributed by atoms with Crippen LogP contribution in [0.5, 0.6) is 0 Å². The number of allylic oxidation sites excluding steroid dienone is 1. The van der Waals surface area contributed by atoms with Crippen molar-refractivity contribution in [2.45, 2.75) is 25.7 Å². The molecule has 0 aliphatic rings. The van der Waals surface area contributed by atoms with E-state index in [2.05, 4.69) is 12.1 Å². The van der Waals surface area contributed by atoms with E-state index in [4.69, 9.17) is 10.2 Å². The van der Waals surface area contributed by atoms with E-state index in [0.717, 1.165) is 43.0 Å². The van der Waals surface area contributed by atoms with E-state index in [0.29, 0.717) is 6.42 Å². The van der Waals surface area contributed by atoms with Gasteiger partial charge in [0.2, 0.25) is 0 Å². The van der Waals surface area contributed by atoms with Gasteiger partial charge in [0.15, 0.2) is 0 Å². The van der Waals surface area contributed by atoms with Crippen molar-refractivity contribution in [1.82, 2.24) is 0 Å². The predicted molar refractivity (Wildman–Crippen MR) is 182 cm³/mol. The van der Waals surface area contributed by atoms with Crippen molar-refractivity contribution in [3.8, 4) is 0 Å². The largest absolute Gasteiger partial charge is 0.396 e. The normalized spacial score (nSPS) is 9.85. The van der Waals surface area contributed by atoms with Gasteiger partial charge in [0, 0.05) is 23.0 Å². The molecule has 0 aliphatic heterocycles. The smallest absolute Gasteiger partial charge is 0.142 e. The van der Waals surface area contributed by atoms with Crippen molar-refractivity contribution in [2.75, 3.05) is 13.2 Å². The molecule has 0 spiro atoms. The van der Waals surface area contributed by atoms with Gasteiger partial charge in [-0.25, -0.2) is 0 Å². The molecule has 0 saturated heterocycles. The third-order valence-corrected chi connectivity index (χ3v) is 5.24. The first-order valence-corrected chi connectivity index (χ1v) is 13.3. The minimum atomic E-state index is 0. The van der Waals surface area contributed by atoms with Gasteiger partial charge in [0.25, 0.3) is 0 Å². The quantitative estimate of drug-likeness (QED) is 0.153. The highest BCUT2D eigenvalue weighted by molar-refractivity contribution is 5.73. The molecule has 4 aromatic carbocycles. The molecule has 40 heavy (non-hydrogen) atoms. The Kier molecular flexibility index (Phi) is 21.0. The first kappa shape index (κ1) is 33.6. The zero-order valence-electron chi connectivity index (χ0n) is 23.0. The van der Waals surface area contributed by atoms with Gasteiger partial charge >= 0.3 is 0 Å². The monoisotopic (exact) mass is 550 g/mol. The fraction of sp³-hybridized carbons (Fsp3) is 0.167. The Hall–Kier alpha value is -4.38. The summed E-state index contributed by atoms with van der Waals surface area (Å²) in [5.74, 6) is 0. The van der Waals surface area contributed by atoms with Gasteiger partial charge in [-0.15, -0.1) is 0 Å². The van der Waals surface area contributed by atoms with E-state index in [1.54, 1.807) is 12.2 Å². The number of hydrogen-bond donors (Lipinski definition) is 2. The molecular weight excluding hydrogens is 496 g/mol. The Morgan fingerprint density at radius 2 is 1.02 bits per heavy atom. The fourth-order valence-electron chi connectivity index (χ4n) is 3.27. The minimum absolute atomic E-state index is 0. The molecule has 0 saturated carbocycles. The van der Waals surface area contributed by atoms with Crippen LogP contribution >= 0.6 is 0 Å². The summed E-state index contributed by atoms with van der Waals surface area (Å²) in [5, 5.41) is 17.0. The van der Waals surface area contributed by atoms with Crippen LogP contribution in [0.25, 0.3) is 12.2 Å². The van der Waals surface area contributed by atoms with E-state index < -0.39 is 0 Å². The zero-order chi connectivity index (χ0) is 28.9. The Morgan fingerprint density at radius 1 is 0.575 bits per heavy atom. The van der Waals surface area contributed by atoms with Crippen LogP contribution in [0.15, 0.2) is 133 Å². The van der Waals surface area contributed by atoms with Gasteiger partial charge in [-0.3, -0.25) is 4.79 Å². The molecule has 4 aromatic rings. The van der Waals surface area contributed by atoms with Gasteiger partial charge in [-0.1, -0.05) is 140 Å². The van der Waals surface area contributed by atoms with E-state index in [1.807, 2.05) is 115 Å². The summed E-state index contributed by atoms with van der Waals surface area (Å²) in [4.78, 5) is 19.9. The highest BCUT2D eigenvalue weighted by Gasteiger charge is 1.88. The number of hydrogen-bond acceptors (Lipinski definition) is 4. The molecule has 0 fully saturated rings. The van der Waals surface area contributed by atoms with E-state index in [-0.39, 0.29) is 23.2 Å². The maximum Gasteiger partial charge on any atom is 0.142 e. The molecule has 0 aromatic heterocycles. The first-order valence-electron chi connectivity index (χ1n) is 13.3. The number of aryl methyl sites for hydroxylation is 2. The fourth-order valence-corrected chi connectivity index (χ4v) is 3.27. The summed E-state index contributed by atoms with van der Waals surface area (Å²) >= 11 is 0. The third kappa shape index (κ3) is 18.8. The van der Waals surface area contributed by atoms with E-state index in [9.17, 15) is 9.59 Å². The van der Waals surface area contributed by atoms with E-state index in [1.165, 1.54) is 17.2 Å². The number of carbonyl (C=O) groups excluding carboxylic acids is 2. The molecule has 4 nitrogen and oxygen atoms in total. The standard InChI is InChI=1S/C9H12O.2C9H10O.C9H8O.7H2/c4*10-8-4-7-9-5-2-1-3-6-9;;;;;;;/h1-3,5-6,10H,4,7-8H2;1-3,5-6,8H,4,7H2;1-7,10H,8H2;1-8H;7*1H/b;;2*7-4+;;;;;;;. The first-order chi connectivity index (χ1) is 19.7. The number of benzene rings is 4. The lowest BCUT2D eigenvalue weighted by Crippen LogP contribution is -1.87. The molecular formula is C36H54O4. The molecule has 0 atom stereocenters. The van der Waals surface area contributed by atoms with Crippen molar-refractivity contribution in [3.63, 3.8) is 0 Å². The lowest BCUT2D eigenvalue weighted by atomic mass is 10.1. The summed E-state index contributed by atoms with van der Waals surface area (Å²) in [7, 11) is 0. The average Bonchev–Trinajstić information content (AvgIpc) is 3.04. The van der Waals surface area contributed by atoms with Crippen molar-refractivity contribution < 1.29 is 29.8 Å². The second-order valence-electron chi connectivity index (χ2n) is 8.41. The van der Waals surface area contributed by atoms with Gasteiger partial charge in [0.1, 0.15) is 12.6 Å².